The largest absolute Gasteiger partial charge is 0.490 e. The monoisotopic (exact) mass is 356 g/mol. The van der Waals surface area contributed by atoms with E-state index >= 15 is 0 Å². The molecule has 0 saturated carbocycles. The minimum absolute atomic E-state index is 0.0712. The fourth-order valence-corrected chi connectivity index (χ4v) is 2.36. The van der Waals surface area contributed by atoms with Crippen molar-refractivity contribution < 1.29 is 14.3 Å². The molecule has 0 unspecified atom stereocenters. The van der Waals surface area contributed by atoms with Crippen molar-refractivity contribution in [2.45, 2.75) is 46.6 Å². The van der Waals surface area contributed by atoms with Crippen molar-refractivity contribution in [1.29, 1.82) is 0 Å². The third-order valence-corrected chi connectivity index (χ3v) is 3.87. The molecule has 2 aromatic rings. The molecule has 5 nitrogen and oxygen atoms in total. The Morgan fingerprint density at radius 1 is 1.23 bits per heavy atom. The average Bonchev–Trinajstić information content (AvgIpc) is 3.12. The van der Waals surface area contributed by atoms with Gasteiger partial charge in [0.1, 0.15) is 0 Å². The molecular weight excluding hydrogens is 328 g/mol. The molecule has 26 heavy (non-hydrogen) atoms. The number of carbonyl (C=O) groups is 1. The lowest BCUT2D eigenvalue weighted by atomic mass is 10.1. The molecule has 0 spiro atoms. The highest BCUT2D eigenvalue weighted by Gasteiger charge is 2.08. The summed E-state index contributed by atoms with van der Waals surface area (Å²) in [6.07, 6.45) is 8.81. The van der Waals surface area contributed by atoms with Crippen molar-refractivity contribution in [3.8, 4) is 11.5 Å². The zero-order valence-corrected chi connectivity index (χ0v) is 16.1. The van der Waals surface area contributed by atoms with Crippen LogP contribution in [0.25, 0.3) is 6.08 Å². The van der Waals surface area contributed by atoms with Crippen LogP contribution in [0.1, 0.15) is 62.5 Å². The summed E-state index contributed by atoms with van der Waals surface area (Å²) >= 11 is 0. The Hall–Kier alpha value is -2.56. The van der Waals surface area contributed by atoms with E-state index in [1.54, 1.807) is 29.2 Å². The molecule has 140 valence electrons. The van der Waals surface area contributed by atoms with Crippen LogP contribution in [0.2, 0.25) is 0 Å². The van der Waals surface area contributed by atoms with Gasteiger partial charge in [0.05, 0.1) is 25.0 Å². The molecule has 0 saturated heterocycles. The molecule has 0 amide bonds. The molecule has 1 aromatic heterocycles. The minimum Gasteiger partial charge on any atom is -0.490 e. The lowest BCUT2D eigenvalue weighted by Gasteiger charge is -2.12. The van der Waals surface area contributed by atoms with Crippen LogP contribution in [0.5, 0.6) is 11.5 Å². The molecule has 0 bridgehead atoms. The van der Waals surface area contributed by atoms with E-state index in [2.05, 4.69) is 12.0 Å². The van der Waals surface area contributed by atoms with Crippen LogP contribution >= 0.6 is 0 Å². The van der Waals surface area contributed by atoms with Gasteiger partial charge in [-0.05, 0) is 51.0 Å². The van der Waals surface area contributed by atoms with Gasteiger partial charge in [0.2, 0.25) is 0 Å². The van der Waals surface area contributed by atoms with Crippen molar-refractivity contribution in [3.63, 3.8) is 0 Å². The summed E-state index contributed by atoms with van der Waals surface area (Å²) in [6, 6.07) is 5.94. The number of hydrogen-bond donors (Lipinski definition) is 0. The second-order valence-electron chi connectivity index (χ2n) is 6.34. The molecule has 1 aromatic carbocycles. The van der Waals surface area contributed by atoms with Crippen LogP contribution in [-0.4, -0.2) is 28.8 Å². The van der Waals surface area contributed by atoms with Crippen LogP contribution in [0.3, 0.4) is 0 Å². The van der Waals surface area contributed by atoms with E-state index in [-0.39, 0.29) is 11.8 Å². The Kier molecular flexibility index (Phi) is 7.45. The van der Waals surface area contributed by atoms with Gasteiger partial charge in [-0.1, -0.05) is 25.5 Å². The molecule has 1 heterocycles. The van der Waals surface area contributed by atoms with E-state index in [4.69, 9.17) is 9.47 Å². The minimum atomic E-state index is -0.0712. The average molecular weight is 356 g/mol. The normalized spacial score (nSPS) is 11.3. The van der Waals surface area contributed by atoms with Crippen LogP contribution in [0, 0.1) is 0 Å². The summed E-state index contributed by atoms with van der Waals surface area (Å²) in [5.74, 6) is 1.37. The maximum Gasteiger partial charge on any atom is 0.189 e. The summed E-state index contributed by atoms with van der Waals surface area (Å²) in [7, 11) is 0. The van der Waals surface area contributed by atoms with E-state index in [0.717, 1.165) is 24.2 Å². The lowest BCUT2D eigenvalue weighted by molar-refractivity contribution is 0.104. The van der Waals surface area contributed by atoms with Gasteiger partial charge in [-0.25, -0.2) is 0 Å². The number of ether oxygens (including phenoxy) is 2. The van der Waals surface area contributed by atoms with Gasteiger partial charge in [0, 0.05) is 12.2 Å². The third-order valence-electron chi connectivity index (χ3n) is 3.87. The molecule has 2 rings (SSSR count). The zero-order valence-electron chi connectivity index (χ0n) is 16.1. The molecule has 0 radical (unpaired) electrons. The summed E-state index contributed by atoms with van der Waals surface area (Å²) in [5.41, 5.74) is 1.47. The molecular formula is C21H28N2O3. The number of unbranched alkanes of at least 4 members (excludes halogenated alkanes) is 1. The molecule has 0 aliphatic heterocycles. The third kappa shape index (κ3) is 5.48. The second kappa shape index (κ2) is 9.80. The van der Waals surface area contributed by atoms with Gasteiger partial charge in [0.25, 0.3) is 0 Å². The number of rotatable bonds is 10. The first-order valence-corrected chi connectivity index (χ1v) is 9.21. The topological polar surface area (TPSA) is 53.3 Å². The van der Waals surface area contributed by atoms with Crippen molar-refractivity contribution in [2.24, 2.45) is 0 Å². The van der Waals surface area contributed by atoms with Crippen LogP contribution < -0.4 is 9.47 Å². The number of ketones is 1. The predicted octanol–water partition coefficient (Wildman–Crippen LogP) is 4.94. The number of benzene rings is 1. The Bertz CT molecular complexity index is 747. The van der Waals surface area contributed by atoms with E-state index in [1.165, 1.54) is 0 Å². The smallest absolute Gasteiger partial charge is 0.189 e. The maximum absolute atomic E-state index is 12.3. The summed E-state index contributed by atoms with van der Waals surface area (Å²) in [5, 5.41) is 4.20. The van der Waals surface area contributed by atoms with Crippen molar-refractivity contribution in [1.82, 2.24) is 9.78 Å². The van der Waals surface area contributed by atoms with Gasteiger partial charge in [0.15, 0.2) is 17.3 Å². The SMILES string of the molecule is CCCCOc1ccc(C=CC(=O)c2cnn(C(C)C)c2)cc1OCC. The van der Waals surface area contributed by atoms with Crippen molar-refractivity contribution in [3.05, 3.63) is 47.8 Å². The highest BCUT2D eigenvalue weighted by Crippen LogP contribution is 2.29. The fourth-order valence-electron chi connectivity index (χ4n) is 2.36. The van der Waals surface area contributed by atoms with Gasteiger partial charge in [-0.2, -0.15) is 5.10 Å². The molecule has 0 aliphatic carbocycles. The second-order valence-corrected chi connectivity index (χ2v) is 6.34. The number of allylic oxidation sites excluding steroid dienone is 1. The van der Waals surface area contributed by atoms with E-state index < -0.39 is 0 Å². The van der Waals surface area contributed by atoms with Crippen molar-refractivity contribution in [2.75, 3.05) is 13.2 Å². The van der Waals surface area contributed by atoms with E-state index in [0.29, 0.717) is 24.5 Å². The maximum atomic E-state index is 12.3. The van der Waals surface area contributed by atoms with Gasteiger partial charge in [-0.15, -0.1) is 0 Å². The highest BCUT2D eigenvalue weighted by molar-refractivity contribution is 6.06. The quantitative estimate of drug-likeness (QED) is 0.344. The highest BCUT2D eigenvalue weighted by atomic mass is 16.5. The first kappa shape index (κ1) is 19.8. The van der Waals surface area contributed by atoms with Crippen molar-refractivity contribution >= 4 is 11.9 Å². The first-order valence-electron chi connectivity index (χ1n) is 9.21. The fraction of sp³-hybridized carbons (Fsp3) is 0.429. The number of nitrogens with zero attached hydrogens (tertiary/aromatic N) is 2. The molecule has 0 atom stereocenters. The lowest BCUT2D eigenvalue weighted by Crippen LogP contribution is -2.01. The van der Waals surface area contributed by atoms with E-state index in [1.807, 2.05) is 39.0 Å². The molecule has 0 aliphatic rings. The standard InChI is InChI=1S/C21H28N2O3/c1-5-7-12-26-20-11-9-17(13-21(20)25-6-2)8-10-19(24)18-14-22-23(15-18)16(3)4/h8-11,13-16H,5-7,12H2,1-4H3. The molecule has 0 N–H and O–H groups in total. The van der Waals surface area contributed by atoms with Crippen LogP contribution in [0.15, 0.2) is 36.7 Å². The summed E-state index contributed by atoms with van der Waals surface area (Å²) < 4.78 is 13.2. The van der Waals surface area contributed by atoms with E-state index in [9.17, 15) is 4.79 Å². The Morgan fingerprint density at radius 3 is 2.69 bits per heavy atom. The van der Waals surface area contributed by atoms with Gasteiger partial charge < -0.3 is 9.47 Å². The molecule has 0 fully saturated rings. The summed E-state index contributed by atoms with van der Waals surface area (Å²) in [4.78, 5) is 12.3. The Balaban J connectivity index is 2.10. The number of aromatic nitrogens is 2. The first-order chi connectivity index (χ1) is 12.5. The van der Waals surface area contributed by atoms with Crippen LogP contribution in [-0.2, 0) is 0 Å². The predicted molar refractivity (Wildman–Crippen MR) is 104 cm³/mol. The number of carbonyl (C=O) groups excluding carboxylic acids is 1. The zero-order chi connectivity index (χ0) is 18.9. The molecule has 5 heteroatoms. The Morgan fingerprint density at radius 2 is 2.04 bits per heavy atom. The summed E-state index contributed by atoms with van der Waals surface area (Å²) in [6.45, 7) is 9.35. The van der Waals surface area contributed by atoms with Gasteiger partial charge >= 0.3 is 0 Å². The van der Waals surface area contributed by atoms with Gasteiger partial charge in [-0.3, -0.25) is 9.48 Å². The number of hydrogen-bond acceptors (Lipinski definition) is 4. The Labute approximate surface area is 155 Å². The van der Waals surface area contributed by atoms with Crippen LogP contribution in [0.4, 0.5) is 0 Å².